The van der Waals surface area contributed by atoms with E-state index in [0.29, 0.717) is 21.7 Å². The topological polar surface area (TPSA) is 74.0 Å². The Morgan fingerprint density at radius 2 is 1.67 bits per heavy atom. The average molecular weight is 383 g/mol. The first-order chi connectivity index (χ1) is 13.0. The maximum atomic E-state index is 13.2. The molecule has 3 aromatic rings. The van der Waals surface area contributed by atoms with Gasteiger partial charge in [-0.15, -0.1) is 0 Å². The summed E-state index contributed by atoms with van der Waals surface area (Å²) < 4.78 is 13.2. The number of nitrogens with one attached hydrogen (secondary N) is 1. The van der Waals surface area contributed by atoms with Gasteiger partial charge in [-0.1, -0.05) is 29.8 Å². The lowest BCUT2D eigenvalue weighted by Gasteiger charge is -2.23. The number of nitrogens with zero attached hydrogens (tertiary/aromatic N) is 1. The second-order valence-electron chi connectivity index (χ2n) is 6.00. The highest BCUT2D eigenvalue weighted by Gasteiger charge is 2.33. The Bertz CT molecular complexity index is 887. The minimum absolute atomic E-state index is 0.105. The van der Waals surface area contributed by atoms with Crippen LogP contribution in [0.1, 0.15) is 27.6 Å². The summed E-state index contributed by atoms with van der Waals surface area (Å²) in [7, 11) is 0. The van der Waals surface area contributed by atoms with Crippen molar-refractivity contribution in [2.75, 3.05) is 0 Å². The van der Waals surface area contributed by atoms with Gasteiger partial charge in [-0.3, -0.25) is 9.78 Å². The molecule has 2 N–H and O–H groups in total. The van der Waals surface area contributed by atoms with E-state index in [1.807, 2.05) is 0 Å². The molecule has 4 nitrogen and oxygen atoms in total. The van der Waals surface area contributed by atoms with E-state index in [-0.39, 0.29) is 5.71 Å². The third-order valence-corrected chi connectivity index (χ3v) is 4.47. The summed E-state index contributed by atoms with van der Waals surface area (Å²) in [6.07, 6.45) is 1.72. The fraction of sp³-hybridized carbons (Fsp3) is 0.0952. The summed E-state index contributed by atoms with van der Waals surface area (Å²) in [5, 5.41) is 19.8. The lowest BCUT2D eigenvalue weighted by molar-refractivity contribution is 0.0793. The minimum atomic E-state index is -1.28. The number of benzene rings is 2. The van der Waals surface area contributed by atoms with Crippen molar-refractivity contribution in [3.05, 3.63) is 101 Å². The van der Waals surface area contributed by atoms with Gasteiger partial charge in [0, 0.05) is 23.0 Å². The standard InChI is InChI=1S/C21H16ClFN2O2/c22-16-7-3-14(4-8-16)20(26)18(21(27)15-2-1-11-25-12-15)19(24)13-5-9-17(23)10-6-13/h1-12,18,21,24,27H. The fourth-order valence-electron chi connectivity index (χ4n) is 2.78. The van der Waals surface area contributed by atoms with Gasteiger partial charge in [0.05, 0.1) is 17.7 Å². The first kappa shape index (κ1) is 18.9. The molecular weight excluding hydrogens is 367 g/mol. The average Bonchev–Trinajstić information content (AvgIpc) is 2.69. The van der Waals surface area contributed by atoms with Crippen LogP contribution in [0.5, 0.6) is 0 Å². The van der Waals surface area contributed by atoms with Crippen molar-refractivity contribution in [3.63, 3.8) is 0 Å². The highest BCUT2D eigenvalue weighted by Crippen LogP contribution is 2.29. The van der Waals surface area contributed by atoms with E-state index < -0.39 is 23.6 Å². The van der Waals surface area contributed by atoms with E-state index in [9.17, 15) is 14.3 Å². The Hall–Kier alpha value is -2.89. The number of halogens is 2. The lowest BCUT2D eigenvalue weighted by atomic mass is 9.83. The van der Waals surface area contributed by atoms with Gasteiger partial charge < -0.3 is 10.5 Å². The van der Waals surface area contributed by atoms with Crippen LogP contribution in [0.2, 0.25) is 5.02 Å². The Morgan fingerprint density at radius 1 is 1.04 bits per heavy atom. The molecule has 0 fully saturated rings. The van der Waals surface area contributed by atoms with Crippen molar-refractivity contribution in [2.45, 2.75) is 6.10 Å². The summed E-state index contributed by atoms with van der Waals surface area (Å²) >= 11 is 5.88. The highest BCUT2D eigenvalue weighted by atomic mass is 35.5. The number of hydrogen-bond donors (Lipinski definition) is 2. The number of pyridine rings is 1. The van der Waals surface area contributed by atoms with Gasteiger partial charge in [0.2, 0.25) is 0 Å². The number of rotatable bonds is 6. The van der Waals surface area contributed by atoms with E-state index in [0.717, 1.165) is 0 Å². The second kappa shape index (κ2) is 8.20. The smallest absolute Gasteiger partial charge is 0.174 e. The predicted molar refractivity (Wildman–Crippen MR) is 102 cm³/mol. The van der Waals surface area contributed by atoms with Gasteiger partial charge >= 0.3 is 0 Å². The van der Waals surface area contributed by atoms with Gasteiger partial charge in [0.1, 0.15) is 5.82 Å². The molecule has 0 saturated heterocycles. The molecule has 1 aromatic heterocycles. The second-order valence-corrected chi connectivity index (χ2v) is 6.44. The Balaban J connectivity index is 2.02. The maximum absolute atomic E-state index is 13.2. The molecule has 2 unspecified atom stereocenters. The number of aliphatic hydroxyl groups excluding tert-OH is 1. The Kier molecular flexibility index (Phi) is 5.74. The van der Waals surface area contributed by atoms with Crippen LogP contribution in [-0.2, 0) is 0 Å². The van der Waals surface area contributed by atoms with Gasteiger partial charge in [0.15, 0.2) is 5.78 Å². The van der Waals surface area contributed by atoms with Crippen LogP contribution < -0.4 is 0 Å². The highest BCUT2D eigenvalue weighted by molar-refractivity contribution is 6.30. The first-order valence-electron chi connectivity index (χ1n) is 8.19. The van der Waals surface area contributed by atoms with Crippen molar-refractivity contribution in [2.24, 2.45) is 5.92 Å². The fourth-order valence-corrected chi connectivity index (χ4v) is 2.90. The summed E-state index contributed by atoms with van der Waals surface area (Å²) in [6, 6.07) is 14.8. The predicted octanol–water partition coefficient (Wildman–Crippen LogP) is 4.47. The molecule has 0 aliphatic rings. The molecular formula is C21H16ClFN2O2. The minimum Gasteiger partial charge on any atom is -0.387 e. The Morgan fingerprint density at radius 3 is 2.26 bits per heavy atom. The van der Waals surface area contributed by atoms with Crippen LogP contribution in [0.25, 0.3) is 0 Å². The zero-order chi connectivity index (χ0) is 19.4. The van der Waals surface area contributed by atoms with Crippen LogP contribution in [0.3, 0.4) is 0 Å². The molecule has 0 amide bonds. The molecule has 0 aliphatic carbocycles. The van der Waals surface area contributed by atoms with Gasteiger partial charge in [0.25, 0.3) is 0 Å². The van der Waals surface area contributed by atoms with Crippen molar-refractivity contribution < 1.29 is 14.3 Å². The quantitative estimate of drug-likeness (QED) is 0.487. The number of carbonyl (C=O) groups is 1. The summed E-state index contributed by atoms with van der Waals surface area (Å²) in [5.74, 6) is -2.06. The molecule has 2 atom stereocenters. The molecule has 6 heteroatoms. The van der Waals surface area contributed by atoms with Crippen molar-refractivity contribution in [3.8, 4) is 0 Å². The third kappa shape index (κ3) is 4.27. The molecule has 0 bridgehead atoms. The first-order valence-corrected chi connectivity index (χ1v) is 8.57. The lowest BCUT2D eigenvalue weighted by Crippen LogP contribution is -2.31. The summed E-state index contributed by atoms with van der Waals surface area (Å²) in [4.78, 5) is 17.1. The van der Waals surface area contributed by atoms with Crippen molar-refractivity contribution >= 4 is 23.1 Å². The zero-order valence-electron chi connectivity index (χ0n) is 14.1. The number of aliphatic hydroxyl groups is 1. The van der Waals surface area contributed by atoms with Crippen LogP contribution in [0.15, 0.2) is 73.1 Å². The van der Waals surface area contributed by atoms with Crippen LogP contribution >= 0.6 is 11.6 Å². The number of carbonyl (C=O) groups excluding carboxylic acids is 1. The molecule has 2 aromatic carbocycles. The third-order valence-electron chi connectivity index (χ3n) is 4.22. The van der Waals surface area contributed by atoms with Crippen LogP contribution in [0.4, 0.5) is 4.39 Å². The van der Waals surface area contributed by atoms with E-state index in [1.165, 1.54) is 30.5 Å². The molecule has 27 heavy (non-hydrogen) atoms. The van der Waals surface area contributed by atoms with Crippen LogP contribution in [0, 0.1) is 17.1 Å². The number of aromatic nitrogens is 1. The number of Topliss-reactive ketones (excluding diaryl/α,β-unsaturated/α-hetero) is 1. The Labute approximate surface area is 160 Å². The molecule has 0 spiro atoms. The van der Waals surface area contributed by atoms with Crippen molar-refractivity contribution in [1.82, 2.24) is 4.98 Å². The van der Waals surface area contributed by atoms with E-state index in [2.05, 4.69) is 4.98 Å². The summed E-state index contributed by atoms with van der Waals surface area (Å²) in [6.45, 7) is 0. The van der Waals surface area contributed by atoms with Crippen LogP contribution in [-0.4, -0.2) is 21.6 Å². The van der Waals surface area contributed by atoms with E-state index in [1.54, 1.807) is 42.6 Å². The van der Waals surface area contributed by atoms with Gasteiger partial charge in [-0.25, -0.2) is 4.39 Å². The molecule has 1 heterocycles. The number of hydrogen-bond acceptors (Lipinski definition) is 4. The normalized spacial score (nSPS) is 13.0. The molecule has 0 aliphatic heterocycles. The summed E-state index contributed by atoms with van der Waals surface area (Å²) in [5.41, 5.74) is 0.980. The van der Waals surface area contributed by atoms with E-state index >= 15 is 0 Å². The van der Waals surface area contributed by atoms with Crippen molar-refractivity contribution in [1.29, 1.82) is 5.41 Å². The largest absolute Gasteiger partial charge is 0.387 e. The monoisotopic (exact) mass is 382 g/mol. The van der Waals surface area contributed by atoms with Gasteiger partial charge in [-0.05, 0) is 53.6 Å². The SMILES string of the molecule is N=C(c1ccc(F)cc1)C(C(=O)c1ccc(Cl)cc1)C(O)c1cccnc1. The molecule has 0 radical (unpaired) electrons. The molecule has 0 saturated carbocycles. The maximum Gasteiger partial charge on any atom is 0.174 e. The molecule has 3 rings (SSSR count). The number of ketones is 1. The zero-order valence-corrected chi connectivity index (χ0v) is 14.9. The van der Waals surface area contributed by atoms with Gasteiger partial charge in [-0.2, -0.15) is 0 Å². The van der Waals surface area contributed by atoms with E-state index in [4.69, 9.17) is 17.0 Å². The molecule has 136 valence electrons.